The van der Waals surface area contributed by atoms with E-state index in [1.807, 2.05) is 19.1 Å². The van der Waals surface area contributed by atoms with Gasteiger partial charge >= 0.3 is 0 Å². The molecule has 2 N–H and O–H groups in total. The standard InChI is InChI=1S/C8H15N/c1-2-3-4-5-6-7-8-9/h2-5H,6-9H2,1H3/b3-2+,5-4+. The van der Waals surface area contributed by atoms with Crippen LogP contribution in [0, 0.1) is 0 Å². The van der Waals surface area contributed by atoms with E-state index in [1.165, 1.54) is 0 Å². The van der Waals surface area contributed by atoms with Gasteiger partial charge in [-0.25, -0.2) is 0 Å². The van der Waals surface area contributed by atoms with Crippen LogP contribution >= 0.6 is 0 Å². The fraction of sp³-hybridized carbons (Fsp3) is 0.500. The van der Waals surface area contributed by atoms with Gasteiger partial charge in [0.05, 0.1) is 0 Å². The van der Waals surface area contributed by atoms with Crippen molar-refractivity contribution in [2.45, 2.75) is 19.8 Å². The van der Waals surface area contributed by atoms with E-state index in [-0.39, 0.29) is 0 Å². The molecule has 0 saturated carbocycles. The Balaban J connectivity index is 3.04. The van der Waals surface area contributed by atoms with E-state index in [2.05, 4.69) is 12.2 Å². The van der Waals surface area contributed by atoms with E-state index in [1.54, 1.807) is 0 Å². The third kappa shape index (κ3) is 7.44. The van der Waals surface area contributed by atoms with Gasteiger partial charge < -0.3 is 5.73 Å². The van der Waals surface area contributed by atoms with E-state index in [9.17, 15) is 0 Å². The van der Waals surface area contributed by atoms with Gasteiger partial charge in [0, 0.05) is 0 Å². The molecule has 0 saturated heterocycles. The van der Waals surface area contributed by atoms with Gasteiger partial charge in [0.15, 0.2) is 0 Å². The van der Waals surface area contributed by atoms with Gasteiger partial charge in [-0.15, -0.1) is 0 Å². The molecule has 0 atom stereocenters. The summed E-state index contributed by atoms with van der Waals surface area (Å²) < 4.78 is 0. The highest BCUT2D eigenvalue weighted by Crippen LogP contribution is 1.87. The van der Waals surface area contributed by atoms with Gasteiger partial charge in [0.2, 0.25) is 0 Å². The molecule has 0 rings (SSSR count). The van der Waals surface area contributed by atoms with Gasteiger partial charge in [0.1, 0.15) is 0 Å². The fourth-order valence-corrected chi connectivity index (χ4v) is 0.522. The van der Waals surface area contributed by atoms with Gasteiger partial charge in [-0.3, -0.25) is 0 Å². The molecule has 0 fully saturated rings. The van der Waals surface area contributed by atoms with E-state index in [4.69, 9.17) is 5.73 Å². The molecule has 0 amide bonds. The summed E-state index contributed by atoms with van der Waals surface area (Å²) in [5, 5.41) is 0. The van der Waals surface area contributed by atoms with Crippen LogP contribution in [0.1, 0.15) is 19.8 Å². The second kappa shape index (κ2) is 7.44. The van der Waals surface area contributed by atoms with Crippen LogP contribution < -0.4 is 5.73 Å². The quantitative estimate of drug-likeness (QED) is 0.450. The molecule has 0 aromatic carbocycles. The summed E-state index contributed by atoms with van der Waals surface area (Å²) in [6, 6.07) is 0. The van der Waals surface area contributed by atoms with Crippen LogP contribution in [0.15, 0.2) is 24.3 Å². The average molecular weight is 125 g/mol. The van der Waals surface area contributed by atoms with Crippen molar-refractivity contribution in [1.29, 1.82) is 0 Å². The van der Waals surface area contributed by atoms with Gasteiger partial charge in [-0.05, 0) is 26.3 Å². The second-order valence-electron chi connectivity index (χ2n) is 1.88. The number of allylic oxidation sites excluding steroid dienone is 4. The van der Waals surface area contributed by atoms with Crippen molar-refractivity contribution in [2.75, 3.05) is 6.54 Å². The van der Waals surface area contributed by atoms with Crippen LogP contribution in [0.2, 0.25) is 0 Å². The summed E-state index contributed by atoms with van der Waals surface area (Å²) in [5.41, 5.74) is 5.29. The zero-order valence-electron chi connectivity index (χ0n) is 6.01. The molecule has 0 heterocycles. The first-order valence-corrected chi connectivity index (χ1v) is 3.39. The number of unbranched alkanes of at least 4 members (excludes halogenated alkanes) is 1. The van der Waals surface area contributed by atoms with E-state index < -0.39 is 0 Å². The summed E-state index contributed by atoms with van der Waals surface area (Å²) in [4.78, 5) is 0. The lowest BCUT2D eigenvalue weighted by atomic mass is 10.3. The lowest BCUT2D eigenvalue weighted by Gasteiger charge is -1.85. The molecular formula is C8H15N. The Bertz CT molecular complexity index is 92.7. The highest BCUT2D eigenvalue weighted by atomic mass is 14.5. The summed E-state index contributed by atoms with van der Waals surface area (Å²) in [6.45, 7) is 2.80. The maximum Gasteiger partial charge on any atom is -0.00743 e. The number of rotatable bonds is 4. The van der Waals surface area contributed by atoms with Gasteiger partial charge in [-0.1, -0.05) is 24.3 Å². The Labute approximate surface area is 57.3 Å². The van der Waals surface area contributed by atoms with Crippen molar-refractivity contribution in [1.82, 2.24) is 0 Å². The first-order valence-electron chi connectivity index (χ1n) is 3.39. The van der Waals surface area contributed by atoms with Crippen molar-refractivity contribution in [3.63, 3.8) is 0 Å². The Morgan fingerprint density at radius 3 is 2.67 bits per heavy atom. The Morgan fingerprint density at radius 1 is 1.33 bits per heavy atom. The monoisotopic (exact) mass is 125 g/mol. The van der Waals surface area contributed by atoms with E-state index in [0.717, 1.165) is 19.4 Å². The van der Waals surface area contributed by atoms with Crippen LogP contribution in [0.5, 0.6) is 0 Å². The van der Waals surface area contributed by atoms with Gasteiger partial charge in [0.25, 0.3) is 0 Å². The first kappa shape index (κ1) is 8.44. The zero-order valence-corrected chi connectivity index (χ0v) is 6.01. The molecule has 9 heavy (non-hydrogen) atoms. The molecule has 0 spiro atoms. The topological polar surface area (TPSA) is 26.0 Å². The maximum atomic E-state index is 5.29. The SMILES string of the molecule is C/C=C/C=C/CCCN. The smallest absolute Gasteiger partial charge is 0.00743 e. The maximum absolute atomic E-state index is 5.29. The Morgan fingerprint density at radius 2 is 2.11 bits per heavy atom. The van der Waals surface area contributed by atoms with Gasteiger partial charge in [-0.2, -0.15) is 0 Å². The van der Waals surface area contributed by atoms with Crippen LogP contribution in [-0.2, 0) is 0 Å². The number of hydrogen-bond acceptors (Lipinski definition) is 1. The Hall–Kier alpha value is -0.560. The molecule has 0 aliphatic heterocycles. The minimum atomic E-state index is 0.792. The largest absolute Gasteiger partial charge is 0.330 e. The molecular weight excluding hydrogens is 110 g/mol. The van der Waals surface area contributed by atoms with Crippen LogP contribution in [0.3, 0.4) is 0 Å². The van der Waals surface area contributed by atoms with E-state index >= 15 is 0 Å². The molecule has 0 radical (unpaired) electrons. The molecule has 0 aromatic rings. The highest BCUT2D eigenvalue weighted by Gasteiger charge is 1.74. The second-order valence-corrected chi connectivity index (χ2v) is 1.88. The molecule has 0 aliphatic carbocycles. The lowest BCUT2D eigenvalue weighted by molar-refractivity contribution is 0.855. The van der Waals surface area contributed by atoms with Crippen molar-refractivity contribution in [3.8, 4) is 0 Å². The molecule has 0 aliphatic rings. The lowest BCUT2D eigenvalue weighted by Crippen LogP contribution is -1.96. The van der Waals surface area contributed by atoms with Crippen molar-refractivity contribution in [3.05, 3.63) is 24.3 Å². The molecule has 0 aromatic heterocycles. The molecule has 1 nitrogen and oxygen atoms in total. The van der Waals surface area contributed by atoms with Crippen molar-refractivity contribution >= 4 is 0 Å². The molecule has 1 heteroatoms. The number of nitrogens with two attached hydrogens (primary N) is 1. The number of hydrogen-bond donors (Lipinski definition) is 1. The molecule has 0 unspecified atom stereocenters. The third-order valence-corrected chi connectivity index (χ3v) is 1.01. The van der Waals surface area contributed by atoms with Crippen molar-refractivity contribution in [2.24, 2.45) is 5.73 Å². The molecule has 52 valence electrons. The van der Waals surface area contributed by atoms with Crippen molar-refractivity contribution < 1.29 is 0 Å². The predicted octanol–water partition coefficient (Wildman–Crippen LogP) is 1.86. The Kier molecular flexibility index (Phi) is 6.98. The van der Waals surface area contributed by atoms with E-state index in [0.29, 0.717) is 0 Å². The average Bonchev–Trinajstić information content (AvgIpc) is 1.89. The third-order valence-electron chi connectivity index (χ3n) is 1.01. The zero-order chi connectivity index (χ0) is 6.95. The van der Waals surface area contributed by atoms with Crippen LogP contribution in [0.25, 0.3) is 0 Å². The summed E-state index contributed by atoms with van der Waals surface area (Å²) >= 11 is 0. The summed E-state index contributed by atoms with van der Waals surface area (Å²) in [7, 11) is 0. The minimum Gasteiger partial charge on any atom is -0.330 e. The molecule has 0 bridgehead atoms. The highest BCUT2D eigenvalue weighted by molar-refractivity contribution is 5.00. The predicted molar refractivity (Wildman–Crippen MR) is 42.2 cm³/mol. The summed E-state index contributed by atoms with van der Waals surface area (Å²) in [6.07, 6.45) is 10.4. The first-order chi connectivity index (χ1) is 4.41. The minimum absolute atomic E-state index is 0.792. The van der Waals surface area contributed by atoms with Crippen LogP contribution in [-0.4, -0.2) is 6.54 Å². The van der Waals surface area contributed by atoms with Crippen LogP contribution in [0.4, 0.5) is 0 Å². The fourth-order valence-electron chi connectivity index (χ4n) is 0.522. The normalized spacial score (nSPS) is 11.8. The summed E-state index contributed by atoms with van der Waals surface area (Å²) in [5.74, 6) is 0.